The Morgan fingerprint density at radius 2 is 1.77 bits per heavy atom. The Bertz CT molecular complexity index is 1040. The van der Waals surface area contributed by atoms with E-state index in [0.29, 0.717) is 48.6 Å². The van der Waals surface area contributed by atoms with E-state index in [2.05, 4.69) is 18.7 Å². The number of hydrogen-bond acceptors (Lipinski definition) is 5. The Hall–Kier alpha value is -1.41. The highest BCUT2D eigenvalue weighted by atomic mass is 35.5. The number of aromatic nitrogens is 2. The monoisotopic (exact) mass is 484 g/mol. The second kappa shape index (κ2) is 10.0. The average Bonchev–Trinajstić information content (AvgIpc) is 2.71. The third kappa shape index (κ3) is 5.89. The van der Waals surface area contributed by atoms with Crippen molar-refractivity contribution in [2.75, 3.05) is 36.8 Å². The van der Waals surface area contributed by atoms with Crippen LogP contribution in [-0.2, 0) is 22.9 Å². The lowest BCUT2D eigenvalue weighted by molar-refractivity contribution is 0.384. The SMILES string of the molecule is CCS(=O)(=O)N1CCN(c2nc(CC(C)C)nc(C)c2Cc2ccc(Cl)cc2Cl)CC1. The van der Waals surface area contributed by atoms with E-state index < -0.39 is 10.0 Å². The van der Waals surface area contributed by atoms with E-state index in [9.17, 15) is 8.42 Å². The van der Waals surface area contributed by atoms with Gasteiger partial charge in [0.15, 0.2) is 0 Å². The minimum Gasteiger partial charge on any atom is -0.354 e. The molecule has 0 saturated carbocycles. The summed E-state index contributed by atoms with van der Waals surface area (Å²) in [4.78, 5) is 11.9. The van der Waals surface area contributed by atoms with Crippen molar-refractivity contribution < 1.29 is 8.42 Å². The van der Waals surface area contributed by atoms with Gasteiger partial charge in [0.1, 0.15) is 11.6 Å². The van der Waals surface area contributed by atoms with Crippen LogP contribution in [0.3, 0.4) is 0 Å². The van der Waals surface area contributed by atoms with Crippen molar-refractivity contribution in [2.24, 2.45) is 5.92 Å². The summed E-state index contributed by atoms with van der Waals surface area (Å²) in [5, 5.41) is 1.21. The standard InChI is InChI=1S/C22H30Cl2N4O2S/c1-5-31(29,30)28-10-8-27(9-11-28)22-19(13-17-6-7-18(23)14-20(17)24)16(4)25-21(26-22)12-15(2)3/h6-7,14-15H,5,8-13H2,1-4H3. The van der Waals surface area contributed by atoms with E-state index >= 15 is 0 Å². The maximum absolute atomic E-state index is 12.3. The third-order valence-electron chi connectivity index (χ3n) is 5.51. The Morgan fingerprint density at radius 3 is 2.35 bits per heavy atom. The molecule has 6 nitrogen and oxygen atoms in total. The van der Waals surface area contributed by atoms with E-state index in [1.54, 1.807) is 17.3 Å². The zero-order valence-electron chi connectivity index (χ0n) is 18.5. The van der Waals surface area contributed by atoms with Gasteiger partial charge in [0.2, 0.25) is 10.0 Å². The summed E-state index contributed by atoms with van der Waals surface area (Å²) in [6.45, 7) is 10.1. The number of anilines is 1. The number of halogens is 2. The number of nitrogens with zero attached hydrogens (tertiary/aromatic N) is 4. The minimum atomic E-state index is -3.18. The van der Waals surface area contributed by atoms with Gasteiger partial charge in [-0.1, -0.05) is 43.1 Å². The molecule has 1 fully saturated rings. The molecule has 1 aromatic carbocycles. The van der Waals surface area contributed by atoms with Crippen molar-refractivity contribution >= 4 is 39.0 Å². The molecule has 0 atom stereocenters. The van der Waals surface area contributed by atoms with Crippen molar-refractivity contribution in [1.29, 1.82) is 0 Å². The first-order chi connectivity index (χ1) is 14.6. The smallest absolute Gasteiger partial charge is 0.213 e. The van der Waals surface area contributed by atoms with Crippen LogP contribution in [0.15, 0.2) is 18.2 Å². The van der Waals surface area contributed by atoms with Crippen LogP contribution in [-0.4, -0.2) is 54.6 Å². The fourth-order valence-corrected chi connectivity index (χ4v) is 5.34. The minimum absolute atomic E-state index is 0.123. The molecule has 0 amide bonds. The van der Waals surface area contributed by atoms with Crippen LogP contribution in [0.5, 0.6) is 0 Å². The van der Waals surface area contributed by atoms with Gasteiger partial charge in [0.05, 0.1) is 5.75 Å². The molecule has 1 aromatic heterocycles. The molecular formula is C22H30Cl2N4O2S. The largest absolute Gasteiger partial charge is 0.354 e. The predicted molar refractivity (Wildman–Crippen MR) is 128 cm³/mol. The lowest BCUT2D eigenvalue weighted by atomic mass is 10.0. The normalized spacial score (nSPS) is 15.6. The van der Waals surface area contributed by atoms with Gasteiger partial charge in [-0.3, -0.25) is 0 Å². The summed E-state index contributed by atoms with van der Waals surface area (Å²) < 4.78 is 26.1. The lowest BCUT2D eigenvalue weighted by Gasteiger charge is -2.36. The lowest BCUT2D eigenvalue weighted by Crippen LogP contribution is -2.49. The molecule has 2 heterocycles. The molecule has 0 radical (unpaired) electrons. The van der Waals surface area contributed by atoms with Crippen LogP contribution in [0, 0.1) is 12.8 Å². The van der Waals surface area contributed by atoms with Crippen LogP contribution < -0.4 is 4.90 Å². The predicted octanol–water partition coefficient (Wildman–Crippen LogP) is 4.35. The zero-order valence-corrected chi connectivity index (χ0v) is 20.9. The van der Waals surface area contributed by atoms with Crippen molar-refractivity contribution in [3.05, 3.63) is 50.9 Å². The second-order valence-corrected chi connectivity index (χ2v) is 11.4. The molecule has 1 saturated heterocycles. The number of benzene rings is 1. The van der Waals surface area contributed by atoms with Gasteiger partial charge in [0.25, 0.3) is 0 Å². The fraction of sp³-hybridized carbons (Fsp3) is 0.545. The van der Waals surface area contributed by atoms with Crippen LogP contribution in [0.1, 0.15) is 43.4 Å². The van der Waals surface area contributed by atoms with Gasteiger partial charge in [-0.05, 0) is 37.5 Å². The van der Waals surface area contributed by atoms with Gasteiger partial charge in [-0.25, -0.2) is 18.4 Å². The fourth-order valence-electron chi connectivity index (χ4n) is 3.78. The number of hydrogen-bond donors (Lipinski definition) is 0. The number of sulfonamides is 1. The molecule has 9 heteroatoms. The van der Waals surface area contributed by atoms with Crippen LogP contribution in [0.4, 0.5) is 5.82 Å². The molecule has 0 N–H and O–H groups in total. The van der Waals surface area contributed by atoms with Crippen LogP contribution in [0.25, 0.3) is 0 Å². The Kier molecular flexibility index (Phi) is 7.84. The summed E-state index contributed by atoms with van der Waals surface area (Å²) >= 11 is 12.5. The van der Waals surface area contributed by atoms with Gasteiger partial charge in [-0.15, -0.1) is 0 Å². The Labute approximate surface area is 195 Å². The molecule has 3 rings (SSSR count). The summed E-state index contributed by atoms with van der Waals surface area (Å²) in [7, 11) is -3.18. The molecule has 1 aliphatic rings. The van der Waals surface area contributed by atoms with E-state index in [0.717, 1.165) is 34.9 Å². The molecule has 31 heavy (non-hydrogen) atoms. The number of aryl methyl sites for hydroxylation is 1. The first-order valence-corrected chi connectivity index (χ1v) is 13.0. The van der Waals surface area contributed by atoms with Crippen LogP contribution in [0.2, 0.25) is 10.0 Å². The van der Waals surface area contributed by atoms with Crippen molar-refractivity contribution in [3.63, 3.8) is 0 Å². The van der Waals surface area contributed by atoms with Gasteiger partial charge in [-0.2, -0.15) is 4.31 Å². The van der Waals surface area contributed by atoms with Crippen LogP contribution >= 0.6 is 23.2 Å². The molecule has 1 aliphatic heterocycles. The number of rotatable bonds is 7. The van der Waals surface area contributed by atoms with Crippen molar-refractivity contribution in [3.8, 4) is 0 Å². The summed E-state index contributed by atoms with van der Waals surface area (Å²) in [6.07, 6.45) is 1.38. The van der Waals surface area contributed by atoms with E-state index in [-0.39, 0.29) is 5.75 Å². The van der Waals surface area contributed by atoms with Gasteiger partial charge in [0, 0.05) is 60.3 Å². The maximum atomic E-state index is 12.3. The van der Waals surface area contributed by atoms with Crippen molar-refractivity contribution in [2.45, 2.75) is 40.5 Å². The highest BCUT2D eigenvalue weighted by Gasteiger charge is 2.28. The topological polar surface area (TPSA) is 66.4 Å². The average molecular weight is 485 g/mol. The summed E-state index contributed by atoms with van der Waals surface area (Å²) in [5.74, 6) is 2.26. The van der Waals surface area contributed by atoms with E-state index in [1.165, 1.54) is 0 Å². The molecule has 0 aliphatic carbocycles. The van der Waals surface area contributed by atoms with Gasteiger partial charge < -0.3 is 4.90 Å². The molecular weight excluding hydrogens is 455 g/mol. The molecule has 0 unspecified atom stereocenters. The van der Waals surface area contributed by atoms with Crippen molar-refractivity contribution in [1.82, 2.24) is 14.3 Å². The summed E-state index contributed by atoms with van der Waals surface area (Å²) in [5.41, 5.74) is 2.90. The first kappa shape index (κ1) is 24.2. The van der Waals surface area contributed by atoms with Gasteiger partial charge >= 0.3 is 0 Å². The molecule has 0 spiro atoms. The first-order valence-electron chi connectivity index (χ1n) is 10.6. The molecule has 2 aromatic rings. The van der Waals surface area contributed by atoms with E-state index in [4.69, 9.17) is 33.2 Å². The Balaban J connectivity index is 1.95. The quantitative estimate of drug-likeness (QED) is 0.584. The molecule has 170 valence electrons. The summed E-state index contributed by atoms with van der Waals surface area (Å²) in [6, 6.07) is 5.51. The maximum Gasteiger partial charge on any atom is 0.213 e. The molecule has 0 bridgehead atoms. The highest BCUT2D eigenvalue weighted by Crippen LogP contribution is 2.29. The Morgan fingerprint density at radius 1 is 1.10 bits per heavy atom. The highest BCUT2D eigenvalue weighted by molar-refractivity contribution is 7.89. The third-order valence-corrected chi connectivity index (χ3v) is 7.98. The van der Waals surface area contributed by atoms with E-state index in [1.807, 2.05) is 19.1 Å². The number of piperazine rings is 1. The zero-order chi connectivity index (χ0) is 22.8. The second-order valence-electron chi connectivity index (χ2n) is 8.32.